The molecule has 0 aliphatic rings. The van der Waals surface area contributed by atoms with E-state index in [4.69, 9.17) is 0 Å². The van der Waals surface area contributed by atoms with Crippen molar-refractivity contribution in [3.05, 3.63) is 58.3 Å². The first-order valence-electron chi connectivity index (χ1n) is 6.19. The summed E-state index contributed by atoms with van der Waals surface area (Å²) in [6, 6.07) is 9.11. The van der Waals surface area contributed by atoms with Crippen molar-refractivity contribution in [2.45, 2.75) is 13.1 Å². The fourth-order valence-corrected chi connectivity index (χ4v) is 2.78. The van der Waals surface area contributed by atoms with E-state index in [0.717, 1.165) is 10.5 Å². The van der Waals surface area contributed by atoms with E-state index in [1.807, 2.05) is 6.07 Å². The molecular formula is C15H10BrF3N2. The Balaban J connectivity index is 2.32. The van der Waals surface area contributed by atoms with Crippen molar-refractivity contribution in [3.63, 3.8) is 0 Å². The van der Waals surface area contributed by atoms with Gasteiger partial charge in [-0.2, -0.15) is 13.2 Å². The van der Waals surface area contributed by atoms with Crippen molar-refractivity contribution in [1.82, 2.24) is 9.38 Å². The number of benzene rings is 1. The lowest BCUT2D eigenvalue weighted by Gasteiger charge is -2.11. The van der Waals surface area contributed by atoms with E-state index < -0.39 is 11.7 Å². The summed E-state index contributed by atoms with van der Waals surface area (Å²) in [5.74, 6) is 0. The van der Waals surface area contributed by atoms with Gasteiger partial charge >= 0.3 is 6.18 Å². The molecule has 0 unspecified atom stereocenters. The van der Waals surface area contributed by atoms with Crippen molar-refractivity contribution < 1.29 is 13.2 Å². The molecule has 108 valence electrons. The van der Waals surface area contributed by atoms with Crippen molar-refractivity contribution in [2.75, 3.05) is 0 Å². The maximum Gasteiger partial charge on any atom is 0.417 e. The minimum absolute atomic E-state index is 0.0955. The molecule has 0 aliphatic heterocycles. The Bertz CT molecular complexity index is 821. The van der Waals surface area contributed by atoms with Crippen molar-refractivity contribution >= 4 is 21.6 Å². The molecule has 0 saturated carbocycles. The van der Waals surface area contributed by atoms with Gasteiger partial charge in [0.2, 0.25) is 0 Å². The van der Waals surface area contributed by atoms with Crippen LogP contribution >= 0.6 is 15.9 Å². The van der Waals surface area contributed by atoms with Gasteiger partial charge in [-0.25, -0.2) is 4.98 Å². The number of rotatable bonds is 1. The number of aryl methyl sites for hydroxylation is 1. The normalized spacial score (nSPS) is 12.0. The van der Waals surface area contributed by atoms with Gasteiger partial charge in [0.25, 0.3) is 0 Å². The monoisotopic (exact) mass is 354 g/mol. The predicted octanol–water partition coefficient (Wildman–Crippen LogP) is 5.09. The van der Waals surface area contributed by atoms with E-state index in [-0.39, 0.29) is 5.56 Å². The average molecular weight is 355 g/mol. The SMILES string of the molecule is Cc1c(-c2ccccc2C(F)(F)F)nc2c(Br)cccn12. The number of hydrogen-bond acceptors (Lipinski definition) is 1. The molecule has 21 heavy (non-hydrogen) atoms. The molecule has 0 amide bonds. The standard InChI is InChI=1S/C15H10BrF3N2/c1-9-13(20-14-12(16)7-4-8-21(9)14)10-5-2-3-6-11(10)15(17,18)19/h2-8H,1H3. The first-order valence-corrected chi connectivity index (χ1v) is 6.98. The van der Waals surface area contributed by atoms with Crippen LogP contribution in [-0.2, 0) is 6.18 Å². The van der Waals surface area contributed by atoms with Gasteiger partial charge in [-0.15, -0.1) is 0 Å². The highest BCUT2D eigenvalue weighted by Crippen LogP contribution is 2.38. The first kappa shape index (κ1) is 14.1. The maximum atomic E-state index is 13.2. The van der Waals surface area contributed by atoms with Crippen LogP contribution in [0.3, 0.4) is 0 Å². The van der Waals surface area contributed by atoms with Crippen LogP contribution < -0.4 is 0 Å². The van der Waals surface area contributed by atoms with Crippen LogP contribution in [0.2, 0.25) is 0 Å². The summed E-state index contributed by atoms with van der Waals surface area (Å²) in [5, 5.41) is 0. The quantitative estimate of drug-likeness (QED) is 0.594. The highest BCUT2D eigenvalue weighted by atomic mass is 79.9. The Labute approximate surface area is 127 Å². The highest BCUT2D eigenvalue weighted by Gasteiger charge is 2.34. The molecule has 6 heteroatoms. The minimum atomic E-state index is -4.41. The molecule has 0 bridgehead atoms. The van der Waals surface area contributed by atoms with E-state index in [1.54, 1.807) is 29.7 Å². The number of nitrogens with zero attached hydrogens (tertiary/aromatic N) is 2. The number of fused-ring (bicyclic) bond motifs is 1. The van der Waals surface area contributed by atoms with E-state index in [9.17, 15) is 13.2 Å². The zero-order valence-electron chi connectivity index (χ0n) is 10.9. The zero-order chi connectivity index (χ0) is 15.2. The summed E-state index contributed by atoms with van der Waals surface area (Å²) in [6.07, 6.45) is -2.63. The second kappa shape index (κ2) is 4.87. The zero-order valence-corrected chi connectivity index (χ0v) is 12.5. The predicted molar refractivity (Wildman–Crippen MR) is 78.1 cm³/mol. The van der Waals surface area contributed by atoms with E-state index in [2.05, 4.69) is 20.9 Å². The van der Waals surface area contributed by atoms with Crippen LogP contribution in [0.15, 0.2) is 47.1 Å². The van der Waals surface area contributed by atoms with Gasteiger partial charge in [-0.1, -0.05) is 18.2 Å². The Morgan fingerprint density at radius 3 is 2.48 bits per heavy atom. The lowest BCUT2D eigenvalue weighted by Crippen LogP contribution is -2.07. The van der Waals surface area contributed by atoms with Crippen molar-refractivity contribution in [3.8, 4) is 11.3 Å². The van der Waals surface area contributed by atoms with Crippen molar-refractivity contribution in [2.24, 2.45) is 0 Å². The second-order valence-electron chi connectivity index (χ2n) is 4.64. The third kappa shape index (κ3) is 2.33. The molecule has 0 atom stereocenters. The van der Waals surface area contributed by atoms with E-state index in [1.165, 1.54) is 12.1 Å². The van der Waals surface area contributed by atoms with Gasteiger partial charge in [0.15, 0.2) is 5.65 Å². The highest BCUT2D eigenvalue weighted by molar-refractivity contribution is 9.10. The Hall–Kier alpha value is -1.82. The third-order valence-corrected chi connectivity index (χ3v) is 3.95. The molecule has 3 rings (SSSR count). The smallest absolute Gasteiger partial charge is 0.303 e. The summed E-state index contributed by atoms with van der Waals surface area (Å²) in [6.45, 7) is 1.76. The molecule has 0 spiro atoms. The van der Waals surface area contributed by atoms with Gasteiger partial charge in [-0.05, 0) is 41.1 Å². The third-order valence-electron chi connectivity index (χ3n) is 3.33. The molecule has 3 aromatic rings. The number of imidazole rings is 1. The van der Waals surface area contributed by atoms with Crippen LogP contribution in [-0.4, -0.2) is 9.38 Å². The van der Waals surface area contributed by atoms with Crippen LogP contribution in [0.25, 0.3) is 16.9 Å². The van der Waals surface area contributed by atoms with Gasteiger partial charge in [0.05, 0.1) is 15.7 Å². The molecule has 0 aliphatic carbocycles. The molecule has 0 fully saturated rings. The number of pyridine rings is 1. The molecule has 2 nitrogen and oxygen atoms in total. The average Bonchev–Trinajstić information content (AvgIpc) is 2.77. The molecular weight excluding hydrogens is 345 g/mol. The molecule has 2 heterocycles. The van der Waals surface area contributed by atoms with Crippen LogP contribution in [0, 0.1) is 6.92 Å². The molecule has 2 aromatic heterocycles. The first-order chi connectivity index (χ1) is 9.89. The topological polar surface area (TPSA) is 17.3 Å². The van der Waals surface area contributed by atoms with E-state index >= 15 is 0 Å². The van der Waals surface area contributed by atoms with Crippen LogP contribution in [0.1, 0.15) is 11.3 Å². The number of hydrogen-bond donors (Lipinski definition) is 0. The van der Waals surface area contributed by atoms with Gasteiger partial charge in [-0.3, -0.25) is 0 Å². The number of aromatic nitrogens is 2. The summed E-state index contributed by atoms with van der Waals surface area (Å²) in [5.41, 5.74) is 1.03. The molecule has 0 saturated heterocycles. The van der Waals surface area contributed by atoms with Gasteiger partial charge < -0.3 is 4.40 Å². The Morgan fingerprint density at radius 2 is 1.81 bits per heavy atom. The second-order valence-corrected chi connectivity index (χ2v) is 5.49. The number of halogens is 4. The Kier molecular flexibility index (Phi) is 3.28. The molecule has 0 N–H and O–H groups in total. The lowest BCUT2D eigenvalue weighted by atomic mass is 10.0. The van der Waals surface area contributed by atoms with Crippen molar-refractivity contribution in [1.29, 1.82) is 0 Å². The van der Waals surface area contributed by atoms with Crippen LogP contribution in [0.4, 0.5) is 13.2 Å². The lowest BCUT2D eigenvalue weighted by molar-refractivity contribution is -0.137. The molecule has 1 aromatic carbocycles. The van der Waals surface area contributed by atoms with Crippen LogP contribution in [0.5, 0.6) is 0 Å². The summed E-state index contributed by atoms with van der Waals surface area (Å²) >= 11 is 3.37. The van der Waals surface area contributed by atoms with E-state index in [0.29, 0.717) is 17.0 Å². The number of alkyl halides is 3. The summed E-state index contributed by atoms with van der Waals surface area (Å²) in [4.78, 5) is 4.37. The maximum absolute atomic E-state index is 13.2. The summed E-state index contributed by atoms with van der Waals surface area (Å²) < 4.78 is 42.0. The fraction of sp³-hybridized carbons (Fsp3) is 0.133. The minimum Gasteiger partial charge on any atom is -0.303 e. The largest absolute Gasteiger partial charge is 0.417 e. The Morgan fingerprint density at radius 1 is 1.10 bits per heavy atom. The molecule has 0 radical (unpaired) electrons. The summed E-state index contributed by atoms with van der Waals surface area (Å²) in [7, 11) is 0. The van der Waals surface area contributed by atoms with Gasteiger partial charge in [0, 0.05) is 17.5 Å². The van der Waals surface area contributed by atoms with Gasteiger partial charge in [0.1, 0.15) is 0 Å². The fourth-order valence-electron chi connectivity index (χ4n) is 2.34.